The van der Waals surface area contributed by atoms with Gasteiger partial charge in [-0.15, -0.1) is 0 Å². The predicted molar refractivity (Wildman–Crippen MR) is 142 cm³/mol. The quantitative estimate of drug-likeness (QED) is 0.385. The number of amides is 1. The monoisotopic (exact) mass is 498 g/mol. The van der Waals surface area contributed by atoms with Crippen LogP contribution in [0.4, 0.5) is 5.82 Å². The van der Waals surface area contributed by atoms with E-state index in [4.69, 9.17) is 15.6 Å². The van der Waals surface area contributed by atoms with Crippen LogP contribution >= 0.6 is 0 Å². The van der Waals surface area contributed by atoms with Crippen LogP contribution in [0, 0.1) is 0 Å². The lowest BCUT2D eigenvalue weighted by Crippen LogP contribution is -2.38. The first-order valence-corrected chi connectivity index (χ1v) is 12.3. The van der Waals surface area contributed by atoms with Gasteiger partial charge < -0.3 is 20.3 Å². The van der Waals surface area contributed by atoms with Crippen molar-refractivity contribution in [3.63, 3.8) is 0 Å². The number of hydrogen-bond donors (Lipinski definition) is 1. The van der Waals surface area contributed by atoms with Crippen LogP contribution in [0.1, 0.15) is 18.9 Å². The van der Waals surface area contributed by atoms with Crippen molar-refractivity contribution in [1.82, 2.24) is 34.5 Å². The lowest BCUT2D eigenvalue weighted by Gasteiger charge is -2.31. The van der Waals surface area contributed by atoms with Gasteiger partial charge in [-0.1, -0.05) is 24.3 Å². The molecule has 0 saturated carbocycles. The number of fused-ring (bicyclic) bond motifs is 1. The number of carbonyl (C=O) groups excluding carboxylic acids is 1. The van der Waals surface area contributed by atoms with Crippen LogP contribution in [-0.4, -0.2) is 74.2 Å². The van der Waals surface area contributed by atoms with Gasteiger partial charge in [0.2, 0.25) is 5.91 Å². The molecule has 1 saturated heterocycles. The van der Waals surface area contributed by atoms with E-state index in [1.54, 1.807) is 12.3 Å². The zero-order valence-electron chi connectivity index (χ0n) is 21.0. The molecule has 1 aliphatic rings. The van der Waals surface area contributed by atoms with Crippen LogP contribution in [0.5, 0.6) is 11.5 Å². The fraction of sp³-hybridized carbons (Fsp3) is 0.296. The van der Waals surface area contributed by atoms with Crippen molar-refractivity contribution in [1.29, 1.82) is 0 Å². The SMILES string of the molecule is CN(C)C/C=C/C(=O)N1CCC(n2nc(-c3ccc(Oc4ccccc4)cn3)c3c(N)ncnc32)CC1. The largest absolute Gasteiger partial charge is 0.456 e. The Labute approximate surface area is 215 Å². The Morgan fingerprint density at radius 3 is 2.57 bits per heavy atom. The molecule has 190 valence electrons. The maximum Gasteiger partial charge on any atom is 0.246 e. The molecule has 3 aromatic heterocycles. The first kappa shape index (κ1) is 24.4. The fourth-order valence-electron chi connectivity index (χ4n) is 4.44. The Morgan fingerprint density at radius 1 is 1.08 bits per heavy atom. The molecule has 0 bridgehead atoms. The summed E-state index contributed by atoms with van der Waals surface area (Å²) in [6.07, 6.45) is 8.21. The van der Waals surface area contributed by atoms with Crippen LogP contribution in [0.25, 0.3) is 22.4 Å². The molecule has 0 unspecified atom stereocenters. The third-order valence-corrected chi connectivity index (χ3v) is 6.33. The topological polar surface area (TPSA) is 115 Å². The first-order chi connectivity index (χ1) is 18.0. The highest BCUT2D eigenvalue weighted by Gasteiger charge is 2.27. The van der Waals surface area contributed by atoms with Gasteiger partial charge in [-0.3, -0.25) is 9.78 Å². The Morgan fingerprint density at radius 2 is 1.86 bits per heavy atom. The van der Waals surface area contributed by atoms with Crippen LogP contribution in [0.15, 0.2) is 67.1 Å². The average Bonchev–Trinajstić information content (AvgIpc) is 3.30. The number of nitrogen functional groups attached to an aromatic ring is 1. The standard InChI is InChI=1S/C27H30N8O2/c1-33(2)14-6-9-23(36)34-15-12-19(13-16-34)35-27-24(26(28)30-18-31-27)25(32-35)22-11-10-21(17-29-22)37-20-7-4-3-5-8-20/h3-11,17-19H,12-16H2,1-2H3,(H2,28,30,31)/b9-6+. The summed E-state index contributed by atoms with van der Waals surface area (Å²) < 4.78 is 7.79. The number of benzene rings is 1. The summed E-state index contributed by atoms with van der Waals surface area (Å²) in [5, 5.41) is 5.58. The number of aromatic nitrogens is 5. The minimum absolute atomic E-state index is 0.0416. The molecule has 0 aliphatic carbocycles. The maximum absolute atomic E-state index is 12.6. The number of para-hydroxylation sites is 1. The molecule has 1 amide bonds. The van der Waals surface area contributed by atoms with Crippen LogP contribution in [0.2, 0.25) is 0 Å². The van der Waals surface area contributed by atoms with Crippen molar-refractivity contribution in [2.24, 2.45) is 0 Å². The van der Waals surface area contributed by atoms with Gasteiger partial charge in [0.1, 0.15) is 29.3 Å². The minimum Gasteiger partial charge on any atom is -0.456 e. The van der Waals surface area contributed by atoms with Gasteiger partial charge in [-0.25, -0.2) is 14.6 Å². The molecule has 1 fully saturated rings. The number of carbonyl (C=O) groups is 1. The number of ether oxygens (including phenoxy) is 1. The minimum atomic E-state index is 0.0416. The van der Waals surface area contributed by atoms with Gasteiger partial charge in [-0.05, 0) is 51.2 Å². The molecule has 0 spiro atoms. The summed E-state index contributed by atoms with van der Waals surface area (Å²) in [6.45, 7) is 2.03. The second-order valence-electron chi connectivity index (χ2n) is 9.27. The highest BCUT2D eigenvalue weighted by Crippen LogP contribution is 2.34. The summed E-state index contributed by atoms with van der Waals surface area (Å²) in [5.74, 6) is 1.76. The van der Waals surface area contributed by atoms with E-state index in [1.165, 1.54) is 6.33 Å². The van der Waals surface area contributed by atoms with Crippen molar-refractivity contribution in [2.75, 3.05) is 39.5 Å². The van der Waals surface area contributed by atoms with Crippen molar-refractivity contribution in [2.45, 2.75) is 18.9 Å². The number of anilines is 1. The molecule has 10 heteroatoms. The van der Waals surface area contributed by atoms with Gasteiger partial charge in [-0.2, -0.15) is 5.10 Å². The predicted octanol–water partition coefficient (Wildman–Crippen LogP) is 3.54. The summed E-state index contributed by atoms with van der Waals surface area (Å²) in [5.41, 5.74) is 8.23. The van der Waals surface area contributed by atoms with Crippen LogP contribution in [0.3, 0.4) is 0 Å². The van der Waals surface area contributed by atoms with Crippen molar-refractivity contribution >= 4 is 22.8 Å². The third kappa shape index (κ3) is 5.44. The van der Waals surface area contributed by atoms with E-state index in [1.807, 2.05) is 77.1 Å². The summed E-state index contributed by atoms with van der Waals surface area (Å²) in [4.78, 5) is 29.8. The van der Waals surface area contributed by atoms with E-state index < -0.39 is 0 Å². The normalized spacial score (nSPS) is 14.6. The Balaban J connectivity index is 1.36. The zero-order chi connectivity index (χ0) is 25.8. The summed E-state index contributed by atoms with van der Waals surface area (Å²) in [6, 6.07) is 13.3. The smallest absolute Gasteiger partial charge is 0.246 e. The van der Waals surface area contributed by atoms with E-state index in [9.17, 15) is 4.79 Å². The number of pyridine rings is 1. The number of hydrogen-bond acceptors (Lipinski definition) is 8. The third-order valence-electron chi connectivity index (χ3n) is 6.33. The number of nitrogens with zero attached hydrogens (tertiary/aromatic N) is 7. The number of likely N-dealkylation sites (tertiary alicyclic amines) is 1. The molecule has 4 heterocycles. The van der Waals surface area contributed by atoms with Crippen LogP contribution < -0.4 is 10.5 Å². The van der Waals surface area contributed by atoms with Gasteiger partial charge in [0, 0.05) is 25.7 Å². The molecular formula is C27H30N8O2. The van der Waals surface area contributed by atoms with Crippen LogP contribution in [-0.2, 0) is 4.79 Å². The lowest BCUT2D eigenvalue weighted by atomic mass is 10.1. The second-order valence-corrected chi connectivity index (χ2v) is 9.27. The van der Waals surface area contributed by atoms with E-state index in [-0.39, 0.29) is 11.9 Å². The molecule has 0 radical (unpaired) electrons. The van der Waals surface area contributed by atoms with Gasteiger partial charge >= 0.3 is 0 Å². The van der Waals surface area contributed by atoms with Gasteiger partial charge in [0.25, 0.3) is 0 Å². The Hall–Kier alpha value is -4.31. The zero-order valence-corrected chi connectivity index (χ0v) is 21.0. The Bertz CT molecular complexity index is 1390. The van der Waals surface area contributed by atoms with E-state index in [0.29, 0.717) is 47.1 Å². The summed E-state index contributed by atoms with van der Waals surface area (Å²) in [7, 11) is 3.95. The number of rotatable bonds is 7. The average molecular weight is 499 g/mol. The molecule has 0 atom stereocenters. The van der Waals surface area contributed by atoms with Crippen molar-refractivity contribution in [3.05, 3.63) is 67.1 Å². The fourth-order valence-corrected chi connectivity index (χ4v) is 4.44. The molecule has 10 nitrogen and oxygen atoms in total. The summed E-state index contributed by atoms with van der Waals surface area (Å²) >= 11 is 0. The molecule has 5 rings (SSSR count). The maximum atomic E-state index is 12.6. The van der Waals surface area contributed by atoms with E-state index in [0.717, 1.165) is 25.1 Å². The number of nitrogens with two attached hydrogens (primary N) is 1. The number of piperidine rings is 1. The number of likely N-dealkylation sites (N-methyl/N-ethyl adjacent to an activating group) is 1. The molecule has 1 aromatic carbocycles. The van der Waals surface area contributed by atoms with Crippen molar-refractivity contribution < 1.29 is 9.53 Å². The first-order valence-electron chi connectivity index (χ1n) is 12.3. The highest BCUT2D eigenvalue weighted by atomic mass is 16.5. The molecule has 37 heavy (non-hydrogen) atoms. The lowest BCUT2D eigenvalue weighted by molar-refractivity contribution is -0.127. The van der Waals surface area contributed by atoms with E-state index in [2.05, 4.69) is 15.0 Å². The Kier molecular flexibility index (Phi) is 7.09. The second kappa shape index (κ2) is 10.8. The van der Waals surface area contributed by atoms with Gasteiger partial charge in [0.05, 0.1) is 23.3 Å². The molecular weight excluding hydrogens is 468 g/mol. The molecule has 2 N–H and O–H groups in total. The molecule has 4 aromatic rings. The highest BCUT2D eigenvalue weighted by molar-refractivity contribution is 5.97. The van der Waals surface area contributed by atoms with Crippen molar-refractivity contribution in [3.8, 4) is 22.9 Å². The van der Waals surface area contributed by atoms with E-state index >= 15 is 0 Å². The van der Waals surface area contributed by atoms with Gasteiger partial charge in [0.15, 0.2) is 5.65 Å². The molecule has 1 aliphatic heterocycles.